The van der Waals surface area contributed by atoms with E-state index in [1.54, 1.807) is 4.90 Å². The maximum atomic E-state index is 14.0. The molecule has 2 heterocycles. The molecular formula is C15H14F2N4O2. The minimum atomic E-state index is -0.710. The number of β-amino-alcohol motifs (C(OH)–C–C–N with tert-alkyl or cyclic N) is 1. The van der Waals surface area contributed by atoms with Gasteiger partial charge in [-0.3, -0.25) is 4.79 Å². The number of rotatable bonds is 3. The normalized spacial score (nSPS) is 20.7. The van der Waals surface area contributed by atoms with Crippen LogP contribution in [0.3, 0.4) is 0 Å². The van der Waals surface area contributed by atoms with Crippen LogP contribution in [-0.2, 0) is 0 Å². The van der Waals surface area contributed by atoms with Crippen LogP contribution in [0.2, 0.25) is 0 Å². The van der Waals surface area contributed by atoms with E-state index in [0.29, 0.717) is 5.82 Å². The summed E-state index contributed by atoms with van der Waals surface area (Å²) >= 11 is 0. The first-order valence-corrected chi connectivity index (χ1v) is 6.99. The molecule has 1 aliphatic heterocycles. The molecule has 1 fully saturated rings. The number of anilines is 1. The van der Waals surface area contributed by atoms with Crippen LogP contribution >= 0.6 is 0 Å². The predicted molar refractivity (Wildman–Crippen MR) is 77.6 cm³/mol. The smallest absolute Gasteiger partial charge is 0.269 e. The standard InChI is InChI=1S/C15H14F2N4O2/c16-8-1-2-11(17)10(5-8)13-6-9(22)7-21(13)14-4-3-12(15(18)23)19-20-14/h1-5,9,13,22H,6-7H2,(H2,18,23)/t9-,13-/m0/s1. The van der Waals surface area contributed by atoms with Crippen molar-refractivity contribution in [3.63, 3.8) is 0 Å². The van der Waals surface area contributed by atoms with Gasteiger partial charge in [0.1, 0.15) is 11.6 Å². The van der Waals surface area contributed by atoms with E-state index in [0.717, 1.165) is 18.2 Å². The number of aliphatic hydroxyl groups is 1. The summed E-state index contributed by atoms with van der Waals surface area (Å²) in [5, 5.41) is 17.5. The molecule has 1 aliphatic rings. The molecule has 0 saturated carbocycles. The van der Waals surface area contributed by atoms with Crippen LogP contribution in [0.5, 0.6) is 0 Å². The third kappa shape index (κ3) is 2.98. The van der Waals surface area contributed by atoms with Crippen LogP contribution < -0.4 is 10.6 Å². The van der Waals surface area contributed by atoms with Gasteiger partial charge in [-0.15, -0.1) is 10.2 Å². The van der Waals surface area contributed by atoms with Crippen molar-refractivity contribution in [2.75, 3.05) is 11.4 Å². The fourth-order valence-corrected chi connectivity index (χ4v) is 2.74. The minimum Gasteiger partial charge on any atom is -0.391 e. The summed E-state index contributed by atoms with van der Waals surface area (Å²) in [6, 6.07) is 5.53. The average molecular weight is 320 g/mol. The van der Waals surface area contributed by atoms with Crippen LogP contribution in [0.1, 0.15) is 28.5 Å². The second kappa shape index (κ2) is 5.88. The van der Waals surface area contributed by atoms with Crippen LogP contribution in [0.4, 0.5) is 14.6 Å². The van der Waals surface area contributed by atoms with Gasteiger partial charge < -0.3 is 15.7 Å². The zero-order valence-corrected chi connectivity index (χ0v) is 12.0. The lowest BCUT2D eigenvalue weighted by Crippen LogP contribution is -2.26. The molecule has 1 amide bonds. The van der Waals surface area contributed by atoms with Gasteiger partial charge in [0.2, 0.25) is 0 Å². The Balaban J connectivity index is 1.96. The molecule has 3 N–H and O–H groups in total. The Labute approximate surface area is 130 Å². The lowest BCUT2D eigenvalue weighted by molar-refractivity contribution is 0.0994. The lowest BCUT2D eigenvalue weighted by Gasteiger charge is -2.25. The molecule has 0 spiro atoms. The first kappa shape index (κ1) is 15.3. The van der Waals surface area contributed by atoms with E-state index in [-0.39, 0.29) is 24.2 Å². The SMILES string of the molecule is NC(=O)c1ccc(N2C[C@@H](O)C[C@H]2c2cc(F)ccc2F)nn1. The molecule has 23 heavy (non-hydrogen) atoms. The molecule has 2 aromatic rings. The number of hydrogen-bond donors (Lipinski definition) is 2. The summed E-state index contributed by atoms with van der Waals surface area (Å²) in [5.41, 5.74) is 5.25. The highest BCUT2D eigenvalue weighted by atomic mass is 19.1. The Morgan fingerprint density at radius 1 is 1.26 bits per heavy atom. The Morgan fingerprint density at radius 2 is 2.04 bits per heavy atom. The van der Waals surface area contributed by atoms with Crippen LogP contribution in [0, 0.1) is 11.6 Å². The van der Waals surface area contributed by atoms with Crippen molar-refractivity contribution in [2.45, 2.75) is 18.6 Å². The average Bonchev–Trinajstić information content (AvgIpc) is 2.91. The molecule has 120 valence electrons. The quantitative estimate of drug-likeness (QED) is 0.885. The fourth-order valence-electron chi connectivity index (χ4n) is 2.74. The maximum absolute atomic E-state index is 14.0. The first-order chi connectivity index (χ1) is 11.0. The largest absolute Gasteiger partial charge is 0.391 e. The number of amides is 1. The molecule has 0 aliphatic carbocycles. The van der Waals surface area contributed by atoms with Gasteiger partial charge in [-0.1, -0.05) is 0 Å². The highest BCUT2D eigenvalue weighted by Crippen LogP contribution is 2.36. The summed E-state index contributed by atoms with van der Waals surface area (Å²) in [5.74, 6) is -1.48. The van der Waals surface area contributed by atoms with Gasteiger partial charge in [0, 0.05) is 12.1 Å². The number of aromatic nitrogens is 2. The summed E-state index contributed by atoms with van der Waals surface area (Å²) in [7, 11) is 0. The van der Waals surface area contributed by atoms with Gasteiger partial charge in [-0.05, 0) is 36.8 Å². The molecule has 2 atom stereocenters. The Kier molecular flexibility index (Phi) is 3.91. The molecule has 1 saturated heterocycles. The van der Waals surface area contributed by atoms with Crippen molar-refractivity contribution in [3.8, 4) is 0 Å². The van der Waals surface area contributed by atoms with Crippen molar-refractivity contribution in [3.05, 3.63) is 53.2 Å². The lowest BCUT2D eigenvalue weighted by atomic mass is 10.0. The number of nitrogens with zero attached hydrogens (tertiary/aromatic N) is 3. The van der Waals surface area contributed by atoms with E-state index in [9.17, 15) is 18.7 Å². The van der Waals surface area contributed by atoms with E-state index in [1.165, 1.54) is 12.1 Å². The number of primary amides is 1. The molecule has 0 bridgehead atoms. The summed E-state index contributed by atoms with van der Waals surface area (Å²) < 4.78 is 27.5. The highest BCUT2D eigenvalue weighted by Gasteiger charge is 2.35. The third-order valence-corrected chi connectivity index (χ3v) is 3.79. The number of carbonyl (C=O) groups is 1. The molecule has 6 nitrogen and oxygen atoms in total. The van der Waals surface area contributed by atoms with Gasteiger partial charge in [0.05, 0.1) is 12.1 Å². The number of carbonyl (C=O) groups excluding carboxylic acids is 1. The second-order valence-electron chi connectivity index (χ2n) is 5.36. The van der Waals surface area contributed by atoms with Crippen molar-refractivity contribution < 1.29 is 18.7 Å². The van der Waals surface area contributed by atoms with Crippen molar-refractivity contribution >= 4 is 11.7 Å². The van der Waals surface area contributed by atoms with Gasteiger partial charge in [0.15, 0.2) is 11.5 Å². The van der Waals surface area contributed by atoms with Gasteiger partial charge >= 0.3 is 0 Å². The first-order valence-electron chi connectivity index (χ1n) is 6.99. The van der Waals surface area contributed by atoms with Gasteiger partial charge in [0.25, 0.3) is 5.91 Å². The zero-order valence-electron chi connectivity index (χ0n) is 12.0. The van der Waals surface area contributed by atoms with E-state index in [2.05, 4.69) is 10.2 Å². The van der Waals surface area contributed by atoms with E-state index < -0.39 is 29.7 Å². The summed E-state index contributed by atoms with van der Waals surface area (Å²) in [6.45, 7) is 0.200. The molecule has 1 aromatic carbocycles. The van der Waals surface area contributed by atoms with E-state index in [4.69, 9.17) is 5.73 Å². The van der Waals surface area contributed by atoms with Crippen molar-refractivity contribution in [1.29, 1.82) is 0 Å². The fraction of sp³-hybridized carbons (Fsp3) is 0.267. The van der Waals surface area contributed by atoms with Gasteiger partial charge in [-0.25, -0.2) is 8.78 Å². The number of nitrogens with two attached hydrogens (primary N) is 1. The third-order valence-electron chi connectivity index (χ3n) is 3.79. The monoisotopic (exact) mass is 320 g/mol. The van der Waals surface area contributed by atoms with Crippen LogP contribution in [0.25, 0.3) is 0 Å². The molecule has 0 unspecified atom stereocenters. The second-order valence-corrected chi connectivity index (χ2v) is 5.36. The number of hydrogen-bond acceptors (Lipinski definition) is 5. The minimum absolute atomic E-state index is 0.00183. The number of aliphatic hydroxyl groups excluding tert-OH is 1. The van der Waals surface area contributed by atoms with E-state index in [1.807, 2.05) is 0 Å². The summed E-state index contributed by atoms with van der Waals surface area (Å²) in [6.07, 6.45) is -0.472. The van der Waals surface area contributed by atoms with Crippen LogP contribution in [0.15, 0.2) is 30.3 Å². The molecule has 3 rings (SSSR count). The van der Waals surface area contributed by atoms with Crippen molar-refractivity contribution in [1.82, 2.24) is 10.2 Å². The van der Waals surface area contributed by atoms with E-state index >= 15 is 0 Å². The molecule has 0 radical (unpaired) electrons. The van der Waals surface area contributed by atoms with Crippen LogP contribution in [-0.4, -0.2) is 33.9 Å². The molecular weight excluding hydrogens is 306 g/mol. The number of halogens is 2. The highest BCUT2D eigenvalue weighted by molar-refractivity contribution is 5.90. The number of benzene rings is 1. The Bertz CT molecular complexity index is 739. The zero-order chi connectivity index (χ0) is 16.6. The van der Waals surface area contributed by atoms with Gasteiger partial charge in [-0.2, -0.15) is 0 Å². The Hall–Kier alpha value is -2.61. The molecule has 8 heteroatoms. The predicted octanol–water partition coefficient (Wildman–Crippen LogP) is 1.17. The topological polar surface area (TPSA) is 92.3 Å². The Morgan fingerprint density at radius 3 is 2.70 bits per heavy atom. The summed E-state index contributed by atoms with van der Waals surface area (Å²) in [4.78, 5) is 12.7. The molecule has 1 aromatic heterocycles. The van der Waals surface area contributed by atoms with Crippen molar-refractivity contribution in [2.24, 2.45) is 5.73 Å². The maximum Gasteiger partial charge on any atom is 0.269 e.